The molecule has 3 aromatic carbocycles. The molecule has 3 aromatic rings. The van der Waals surface area contributed by atoms with Crippen LogP contribution in [0.15, 0.2) is 48.5 Å². The zero-order chi connectivity index (χ0) is 20.0. The highest BCUT2D eigenvalue weighted by Gasteiger charge is 2.31. The van der Waals surface area contributed by atoms with Crippen molar-refractivity contribution in [3.8, 4) is 16.9 Å². The van der Waals surface area contributed by atoms with Crippen molar-refractivity contribution < 1.29 is 18.7 Å². The molecule has 0 bridgehead atoms. The molecule has 0 aromatic heterocycles. The number of halogens is 4. The van der Waals surface area contributed by atoms with Gasteiger partial charge in [-0.05, 0) is 35.9 Å². The molecule has 1 aliphatic heterocycles. The minimum Gasteiger partial charge on any atom is -0.508 e. The van der Waals surface area contributed by atoms with Crippen molar-refractivity contribution >= 4 is 40.6 Å². The molecule has 0 fully saturated rings. The van der Waals surface area contributed by atoms with Crippen LogP contribution < -0.4 is 10.2 Å². The minimum atomic E-state index is -0.785. The summed E-state index contributed by atoms with van der Waals surface area (Å²) in [7, 11) is 0. The number of aromatic hydroxyl groups is 1. The van der Waals surface area contributed by atoms with Gasteiger partial charge in [0.15, 0.2) is 0 Å². The summed E-state index contributed by atoms with van der Waals surface area (Å²) in [4.78, 5) is 13.9. The molecular formula is C20H12Cl2F2N2O2. The molecule has 142 valence electrons. The van der Waals surface area contributed by atoms with Crippen LogP contribution in [0, 0.1) is 11.6 Å². The second-order valence-corrected chi connectivity index (χ2v) is 6.99. The van der Waals surface area contributed by atoms with Crippen LogP contribution in [0.5, 0.6) is 5.75 Å². The minimum absolute atomic E-state index is 0.0825. The molecule has 0 saturated heterocycles. The molecule has 4 rings (SSSR count). The van der Waals surface area contributed by atoms with Crippen LogP contribution in [0.2, 0.25) is 10.0 Å². The van der Waals surface area contributed by atoms with Crippen molar-refractivity contribution in [1.29, 1.82) is 0 Å². The summed E-state index contributed by atoms with van der Waals surface area (Å²) in [6, 6.07) is 10.2. The first-order chi connectivity index (χ1) is 13.4. The van der Waals surface area contributed by atoms with Crippen LogP contribution in [0.3, 0.4) is 0 Å². The summed E-state index contributed by atoms with van der Waals surface area (Å²) in [6.07, 6.45) is 0. The standard InChI is InChI=1S/C20H12Cl2F2N2O2/c21-15-2-1-3-16(22)19(15)26-18-8-11(27)7-13(14(18)9-25-20(26)28)12-5-4-10(23)6-17(12)24/h1-8,27H,9H2,(H,25,28). The predicted octanol–water partition coefficient (Wildman–Crippen LogP) is 6.01. The average Bonchev–Trinajstić information content (AvgIpc) is 2.62. The number of rotatable bonds is 2. The lowest BCUT2D eigenvalue weighted by Crippen LogP contribution is -2.41. The fourth-order valence-electron chi connectivity index (χ4n) is 3.25. The van der Waals surface area contributed by atoms with Gasteiger partial charge in [-0.3, -0.25) is 4.90 Å². The maximum Gasteiger partial charge on any atom is 0.326 e. The van der Waals surface area contributed by atoms with Gasteiger partial charge in [0.2, 0.25) is 0 Å². The molecule has 28 heavy (non-hydrogen) atoms. The monoisotopic (exact) mass is 420 g/mol. The third kappa shape index (κ3) is 3.04. The van der Waals surface area contributed by atoms with E-state index in [9.17, 15) is 18.7 Å². The number of para-hydroxylation sites is 1. The summed E-state index contributed by atoms with van der Waals surface area (Å²) in [5.74, 6) is -1.69. The largest absolute Gasteiger partial charge is 0.508 e. The summed E-state index contributed by atoms with van der Waals surface area (Å²) in [5, 5.41) is 13.4. The van der Waals surface area contributed by atoms with Crippen molar-refractivity contribution in [2.45, 2.75) is 6.54 Å². The van der Waals surface area contributed by atoms with E-state index in [0.29, 0.717) is 16.8 Å². The van der Waals surface area contributed by atoms with Gasteiger partial charge >= 0.3 is 6.03 Å². The number of anilines is 2. The highest BCUT2D eigenvalue weighted by molar-refractivity contribution is 6.40. The normalized spacial score (nSPS) is 13.3. The molecule has 2 N–H and O–H groups in total. The number of hydrogen-bond acceptors (Lipinski definition) is 2. The van der Waals surface area contributed by atoms with Crippen LogP contribution in [-0.4, -0.2) is 11.1 Å². The Hall–Kier alpha value is -2.83. The lowest BCUT2D eigenvalue weighted by Gasteiger charge is -2.32. The lowest BCUT2D eigenvalue weighted by atomic mass is 9.95. The van der Waals surface area contributed by atoms with Crippen molar-refractivity contribution in [3.05, 3.63) is 75.8 Å². The van der Waals surface area contributed by atoms with E-state index < -0.39 is 17.7 Å². The molecule has 0 unspecified atom stereocenters. The topological polar surface area (TPSA) is 52.6 Å². The lowest BCUT2D eigenvalue weighted by molar-refractivity contribution is 0.247. The predicted molar refractivity (Wildman–Crippen MR) is 104 cm³/mol. The summed E-state index contributed by atoms with van der Waals surface area (Å²) < 4.78 is 27.7. The second kappa shape index (κ2) is 6.96. The van der Waals surface area contributed by atoms with Gasteiger partial charge < -0.3 is 10.4 Å². The van der Waals surface area contributed by atoms with Gasteiger partial charge in [0.25, 0.3) is 0 Å². The Labute approximate surface area is 168 Å². The number of carbonyl (C=O) groups is 1. The number of urea groups is 1. The highest BCUT2D eigenvalue weighted by Crippen LogP contribution is 2.45. The number of fused-ring (bicyclic) bond motifs is 1. The van der Waals surface area contributed by atoms with E-state index in [4.69, 9.17) is 23.2 Å². The Morgan fingerprint density at radius 1 is 1.00 bits per heavy atom. The first kappa shape index (κ1) is 18.5. The zero-order valence-corrected chi connectivity index (χ0v) is 15.7. The fraction of sp³-hybridized carbons (Fsp3) is 0.0500. The molecule has 0 radical (unpaired) electrons. The van der Waals surface area contributed by atoms with Crippen molar-refractivity contribution in [3.63, 3.8) is 0 Å². The molecule has 8 heteroatoms. The van der Waals surface area contributed by atoms with Crippen LogP contribution in [0.25, 0.3) is 11.1 Å². The maximum atomic E-state index is 14.4. The third-order valence-corrected chi connectivity index (χ3v) is 5.06. The van der Waals surface area contributed by atoms with Crippen LogP contribution in [0.4, 0.5) is 25.0 Å². The summed E-state index contributed by atoms with van der Waals surface area (Å²) >= 11 is 12.5. The van der Waals surface area contributed by atoms with E-state index in [1.54, 1.807) is 18.2 Å². The molecule has 0 atom stereocenters. The number of benzene rings is 3. The van der Waals surface area contributed by atoms with Crippen LogP contribution in [0.1, 0.15) is 5.56 Å². The van der Waals surface area contributed by atoms with E-state index in [1.165, 1.54) is 23.1 Å². The Morgan fingerprint density at radius 2 is 1.71 bits per heavy atom. The summed E-state index contributed by atoms with van der Waals surface area (Å²) in [6.45, 7) is 0.0825. The molecule has 1 heterocycles. The number of phenolic OH excluding ortho intramolecular Hbond substituents is 1. The van der Waals surface area contributed by atoms with Gasteiger partial charge in [0.1, 0.15) is 17.4 Å². The molecule has 2 amide bonds. The van der Waals surface area contributed by atoms with E-state index in [0.717, 1.165) is 12.1 Å². The third-order valence-electron chi connectivity index (χ3n) is 4.45. The summed E-state index contributed by atoms with van der Waals surface area (Å²) in [5.41, 5.74) is 1.48. The highest BCUT2D eigenvalue weighted by atomic mass is 35.5. The molecule has 0 aliphatic carbocycles. The van der Waals surface area contributed by atoms with E-state index >= 15 is 0 Å². The Bertz CT molecular complexity index is 1100. The number of nitrogens with one attached hydrogen (secondary N) is 1. The van der Waals surface area contributed by atoms with Gasteiger partial charge in [-0.1, -0.05) is 29.3 Å². The smallest absolute Gasteiger partial charge is 0.326 e. The van der Waals surface area contributed by atoms with Gasteiger partial charge in [-0.15, -0.1) is 0 Å². The Balaban J connectivity index is 1.98. The first-order valence-corrected chi connectivity index (χ1v) is 8.95. The Kier molecular flexibility index (Phi) is 4.61. The van der Waals surface area contributed by atoms with Gasteiger partial charge in [-0.25, -0.2) is 13.6 Å². The molecule has 4 nitrogen and oxygen atoms in total. The van der Waals surface area contributed by atoms with Crippen molar-refractivity contribution in [1.82, 2.24) is 5.32 Å². The number of phenols is 1. The average molecular weight is 421 g/mol. The number of nitrogens with zero attached hydrogens (tertiary/aromatic N) is 1. The SMILES string of the molecule is O=C1NCc2c(-c3ccc(F)cc3F)cc(O)cc2N1c1c(Cl)cccc1Cl. The van der Waals surface area contributed by atoms with E-state index in [1.807, 2.05) is 0 Å². The molecule has 1 aliphatic rings. The van der Waals surface area contributed by atoms with Crippen molar-refractivity contribution in [2.75, 3.05) is 4.90 Å². The fourth-order valence-corrected chi connectivity index (χ4v) is 3.82. The van der Waals surface area contributed by atoms with Gasteiger partial charge in [0.05, 0.1) is 21.4 Å². The number of amides is 2. The zero-order valence-electron chi connectivity index (χ0n) is 14.1. The van der Waals surface area contributed by atoms with Gasteiger partial charge in [0, 0.05) is 29.8 Å². The molecule has 0 saturated carbocycles. The maximum absolute atomic E-state index is 14.4. The molecular weight excluding hydrogens is 409 g/mol. The Morgan fingerprint density at radius 3 is 2.39 bits per heavy atom. The second-order valence-electron chi connectivity index (χ2n) is 6.18. The van der Waals surface area contributed by atoms with E-state index in [2.05, 4.69) is 5.32 Å². The van der Waals surface area contributed by atoms with Gasteiger partial charge in [-0.2, -0.15) is 0 Å². The first-order valence-electron chi connectivity index (χ1n) is 8.20. The van der Waals surface area contributed by atoms with Crippen LogP contribution in [-0.2, 0) is 6.54 Å². The van der Waals surface area contributed by atoms with Crippen LogP contribution >= 0.6 is 23.2 Å². The molecule has 0 spiro atoms. The quantitative estimate of drug-likeness (QED) is 0.533. The number of hydrogen-bond donors (Lipinski definition) is 2. The van der Waals surface area contributed by atoms with E-state index in [-0.39, 0.29) is 33.6 Å². The van der Waals surface area contributed by atoms with Crippen molar-refractivity contribution in [2.24, 2.45) is 0 Å². The number of carbonyl (C=O) groups excluding carboxylic acids is 1.